The van der Waals surface area contributed by atoms with Gasteiger partial charge in [-0.25, -0.2) is 14.2 Å². The van der Waals surface area contributed by atoms with Crippen molar-refractivity contribution < 1.29 is 19.1 Å². The fourth-order valence-electron chi connectivity index (χ4n) is 3.79. The number of carboxylic acid groups (broad SMARTS) is 1. The highest BCUT2D eigenvalue weighted by Crippen LogP contribution is 2.30. The summed E-state index contributed by atoms with van der Waals surface area (Å²) in [6.07, 6.45) is 7.36. The standard InChI is InChI=1S/C22H28FN3O3S2/c1-15-4-10-18(11-5-15)26(12-2-3-16-6-8-17(23)9-7-16)22(29)25-21-24-13-20(31-21)30-14-19(27)28/h6-9,13,15,18H,2-5,10-12,14H2,1H3,(H,27,28)(H,24,25,29). The molecule has 0 spiro atoms. The van der Waals surface area contributed by atoms with Crippen molar-refractivity contribution in [1.82, 2.24) is 9.88 Å². The number of aromatic nitrogens is 1. The molecule has 168 valence electrons. The number of carbonyl (C=O) groups excluding carboxylic acids is 1. The van der Waals surface area contributed by atoms with Crippen LogP contribution in [0.5, 0.6) is 0 Å². The molecule has 1 saturated carbocycles. The molecule has 0 aliphatic heterocycles. The van der Waals surface area contributed by atoms with Crippen LogP contribution in [-0.2, 0) is 11.2 Å². The third-order valence-corrected chi connectivity index (χ3v) is 7.59. The molecule has 2 N–H and O–H groups in total. The normalized spacial score (nSPS) is 18.5. The first-order valence-electron chi connectivity index (χ1n) is 10.5. The number of nitrogens with one attached hydrogen (secondary N) is 1. The molecule has 0 radical (unpaired) electrons. The van der Waals surface area contributed by atoms with E-state index in [1.807, 2.05) is 4.90 Å². The Hall–Kier alpha value is -2.13. The van der Waals surface area contributed by atoms with Gasteiger partial charge in [0.15, 0.2) is 5.13 Å². The van der Waals surface area contributed by atoms with Crippen LogP contribution in [0.3, 0.4) is 0 Å². The number of hydrogen-bond donors (Lipinski definition) is 2. The smallest absolute Gasteiger partial charge is 0.323 e. The number of carboxylic acids is 1. The average Bonchev–Trinajstić information content (AvgIpc) is 3.19. The van der Waals surface area contributed by atoms with Gasteiger partial charge >= 0.3 is 12.0 Å². The number of hydrogen-bond acceptors (Lipinski definition) is 5. The highest BCUT2D eigenvalue weighted by Gasteiger charge is 2.27. The number of urea groups is 1. The third-order valence-electron chi connectivity index (χ3n) is 5.50. The summed E-state index contributed by atoms with van der Waals surface area (Å²) in [7, 11) is 0. The van der Waals surface area contributed by atoms with Gasteiger partial charge in [0.25, 0.3) is 0 Å². The van der Waals surface area contributed by atoms with Crippen LogP contribution in [0.15, 0.2) is 34.7 Å². The van der Waals surface area contributed by atoms with E-state index in [1.165, 1.54) is 35.2 Å². The number of anilines is 1. The Morgan fingerprint density at radius 2 is 1.97 bits per heavy atom. The fourth-order valence-corrected chi connectivity index (χ4v) is 5.37. The molecule has 2 amide bonds. The molecule has 1 aromatic carbocycles. The largest absolute Gasteiger partial charge is 0.481 e. The Balaban J connectivity index is 1.60. The van der Waals surface area contributed by atoms with Crippen molar-refractivity contribution in [3.05, 3.63) is 41.8 Å². The highest BCUT2D eigenvalue weighted by atomic mass is 32.2. The minimum absolute atomic E-state index is 0.0364. The number of thiazole rings is 1. The minimum Gasteiger partial charge on any atom is -0.481 e. The Labute approximate surface area is 190 Å². The second kappa shape index (κ2) is 11.5. The molecule has 0 unspecified atom stereocenters. The number of aryl methyl sites for hydroxylation is 1. The van der Waals surface area contributed by atoms with Crippen LogP contribution in [0.1, 0.15) is 44.6 Å². The van der Waals surface area contributed by atoms with Crippen LogP contribution in [0.2, 0.25) is 0 Å². The van der Waals surface area contributed by atoms with Crippen molar-refractivity contribution in [2.75, 3.05) is 17.6 Å². The zero-order chi connectivity index (χ0) is 22.2. The monoisotopic (exact) mass is 465 g/mol. The van der Waals surface area contributed by atoms with Gasteiger partial charge < -0.3 is 10.0 Å². The maximum absolute atomic E-state index is 13.1. The summed E-state index contributed by atoms with van der Waals surface area (Å²) in [5.74, 6) is -0.479. The topological polar surface area (TPSA) is 82.5 Å². The minimum atomic E-state index is -0.886. The lowest BCUT2D eigenvalue weighted by Gasteiger charge is -2.36. The number of rotatable bonds is 9. The summed E-state index contributed by atoms with van der Waals surface area (Å²) in [5, 5.41) is 12.2. The number of nitrogens with zero attached hydrogens (tertiary/aromatic N) is 2. The van der Waals surface area contributed by atoms with Gasteiger partial charge in [-0.1, -0.05) is 30.4 Å². The molecule has 2 aromatic rings. The summed E-state index contributed by atoms with van der Waals surface area (Å²) in [4.78, 5) is 30.0. The SMILES string of the molecule is CC1CCC(N(CCCc2ccc(F)cc2)C(=O)Nc2ncc(SCC(=O)O)s2)CC1. The van der Waals surface area contributed by atoms with Crippen LogP contribution >= 0.6 is 23.1 Å². The van der Waals surface area contributed by atoms with Crippen molar-refractivity contribution in [3.8, 4) is 0 Å². The predicted molar refractivity (Wildman–Crippen MR) is 122 cm³/mol. The second-order valence-electron chi connectivity index (χ2n) is 7.93. The van der Waals surface area contributed by atoms with Crippen molar-refractivity contribution in [1.29, 1.82) is 0 Å². The Morgan fingerprint density at radius 1 is 1.26 bits per heavy atom. The van der Waals surface area contributed by atoms with Crippen LogP contribution in [-0.4, -0.2) is 45.3 Å². The molecule has 9 heteroatoms. The van der Waals surface area contributed by atoms with Gasteiger partial charge in [-0.15, -0.1) is 11.8 Å². The van der Waals surface area contributed by atoms with E-state index in [1.54, 1.807) is 18.3 Å². The first-order chi connectivity index (χ1) is 14.9. The highest BCUT2D eigenvalue weighted by molar-refractivity contribution is 8.01. The molecular formula is C22H28FN3O3S2. The quantitative estimate of drug-likeness (QED) is 0.478. The van der Waals surface area contributed by atoms with E-state index in [0.717, 1.165) is 48.3 Å². The Bertz CT molecular complexity index is 867. The van der Waals surface area contributed by atoms with Crippen molar-refractivity contribution >= 4 is 40.2 Å². The maximum Gasteiger partial charge on any atom is 0.323 e. The maximum atomic E-state index is 13.1. The molecule has 0 bridgehead atoms. The van der Waals surface area contributed by atoms with E-state index >= 15 is 0 Å². The summed E-state index contributed by atoms with van der Waals surface area (Å²) in [6, 6.07) is 6.53. The van der Waals surface area contributed by atoms with Gasteiger partial charge in [0.2, 0.25) is 0 Å². The van der Waals surface area contributed by atoms with Gasteiger partial charge in [0.05, 0.1) is 16.2 Å². The van der Waals surface area contributed by atoms with Gasteiger partial charge in [-0.2, -0.15) is 0 Å². The summed E-state index contributed by atoms with van der Waals surface area (Å²) in [6.45, 7) is 2.87. The number of halogens is 1. The van der Waals surface area contributed by atoms with Crippen LogP contribution < -0.4 is 5.32 Å². The van der Waals surface area contributed by atoms with Crippen molar-refractivity contribution in [2.45, 2.75) is 55.7 Å². The Kier molecular flexibility index (Phi) is 8.71. The number of amides is 2. The molecule has 6 nitrogen and oxygen atoms in total. The number of aliphatic carboxylic acids is 1. The van der Waals surface area contributed by atoms with Gasteiger partial charge in [0.1, 0.15) is 5.82 Å². The molecule has 3 rings (SSSR count). The lowest BCUT2D eigenvalue weighted by Crippen LogP contribution is -2.45. The zero-order valence-electron chi connectivity index (χ0n) is 17.6. The number of thioether (sulfide) groups is 1. The molecule has 0 atom stereocenters. The molecule has 1 heterocycles. The van der Waals surface area contributed by atoms with E-state index in [2.05, 4.69) is 17.2 Å². The molecule has 1 aliphatic carbocycles. The number of benzene rings is 1. The average molecular weight is 466 g/mol. The molecular weight excluding hydrogens is 437 g/mol. The first kappa shape index (κ1) is 23.5. The van der Waals surface area contributed by atoms with Crippen molar-refractivity contribution in [2.24, 2.45) is 5.92 Å². The van der Waals surface area contributed by atoms with Gasteiger partial charge in [0, 0.05) is 12.6 Å². The van der Waals surface area contributed by atoms with E-state index in [9.17, 15) is 14.0 Å². The van der Waals surface area contributed by atoms with Gasteiger partial charge in [-0.3, -0.25) is 10.1 Å². The zero-order valence-corrected chi connectivity index (χ0v) is 19.2. The number of carbonyl (C=O) groups is 2. The van der Waals surface area contributed by atoms with Crippen LogP contribution in [0, 0.1) is 11.7 Å². The van der Waals surface area contributed by atoms with Crippen molar-refractivity contribution in [3.63, 3.8) is 0 Å². The van der Waals surface area contributed by atoms with E-state index in [0.29, 0.717) is 17.6 Å². The first-order valence-corrected chi connectivity index (χ1v) is 12.3. The van der Waals surface area contributed by atoms with Crippen LogP contribution in [0.4, 0.5) is 14.3 Å². The predicted octanol–water partition coefficient (Wildman–Crippen LogP) is 5.50. The molecule has 1 aliphatic rings. The molecule has 0 saturated heterocycles. The molecule has 1 fully saturated rings. The van der Waals surface area contributed by atoms with E-state index < -0.39 is 5.97 Å². The lowest BCUT2D eigenvalue weighted by molar-refractivity contribution is -0.133. The fraction of sp³-hybridized carbons (Fsp3) is 0.500. The summed E-state index contributed by atoms with van der Waals surface area (Å²) in [5.41, 5.74) is 1.05. The summed E-state index contributed by atoms with van der Waals surface area (Å²) < 4.78 is 13.9. The van der Waals surface area contributed by atoms with E-state index in [-0.39, 0.29) is 23.6 Å². The lowest BCUT2D eigenvalue weighted by atomic mass is 9.86. The molecule has 1 aromatic heterocycles. The van der Waals surface area contributed by atoms with Gasteiger partial charge in [-0.05, 0) is 62.1 Å². The van der Waals surface area contributed by atoms with E-state index in [4.69, 9.17) is 5.11 Å². The Morgan fingerprint density at radius 3 is 2.65 bits per heavy atom. The third kappa shape index (κ3) is 7.50. The second-order valence-corrected chi connectivity index (χ2v) is 10.2. The van der Waals surface area contributed by atoms with Crippen LogP contribution in [0.25, 0.3) is 0 Å². The molecule has 31 heavy (non-hydrogen) atoms. The summed E-state index contributed by atoms with van der Waals surface area (Å²) >= 11 is 2.47.